The number of fused-ring (bicyclic) bond motifs is 7. The maximum absolute atomic E-state index is 13.3. The minimum absolute atomic E-state index is 0.0152. The lowest BCUT2D eigenvalue weighted by molar-refractivity contribution is -0.153. The molecule has 2 amide bonds. The van der Waals surface area contributed by atoms with E-state index in [1.807, 2.05) is 19.9 Å². The molecule has 200 valence electrons. The van der Waals surface area contributed by atoms with Gasteiger partial charge in [0.1, 0.15) is 17.9 Å². The highest BCUT2D eigenvalue weighted by atomic mass is 33.1. The Hall–Kier alpha value is -2.07. The normalized spacial score (nSPS) is 30.1. The molecule has 36 heavy (non-hydrogen) atoms. The molecule has 0 aromatic carbocycles. The molecule has 0 aromatic rings. The molecule has 0 aromatic heterocycles. The third-order valence-corrected chi connectivity index (χ3v) is 8.69. The summed E-state index contributed by atoms with van der Waals surface area (Å²) in [6.07, 6.45) is 4.76. The zero-order chi connectivity index (χ0) is 26.8. The van der Waals surface area contributed by atoms with Gasteiger partial charge in [-0.05, 0) is 31.3 Å². The minimum atomic E-state index is -0.942. The lowest BCUT2D eigenvalue weighted by Gasteiger charge is -2.26. The average molecular weight is 539 g/mol. The van der Waals surface area contributed by atoms with Crippen molar-refractivity contribution in [2.75, 3.05) is 11.5 Å². The average Bonchev–Trinajstić information content (AvgIpc) is 2.81. The first kappa shape index (κ1) is 30.2. The first-order chi connectivity index (χ1) is 17.0. The largest absolute Gasteiger partial charge is 0.456 e. The van der Waals surface area contributed by atoms with Crippen molar-refractivity contribution in [3.8, 4) is 0 Å². The van der Waals surface area contributed by atoms with Gasteiger partial charge in [-0.15, -0.1) is 0 Å². The summed E-state index contributed by atoms with van der Waals surface area (Å²) < 4.78 is 5.71. The maximum atomic E-state index is 13.3. The molecule has 0 aliphatic carbocycles. The highest BCUT2D eigenvalue weighted by Gasteiger charge is 2.33. The lowest BCUT2D eigenvalue weighted by atomic mass is 9.88. The van der Waals surface area contributed by atoms with Gasteiger partial charge in [0.25, 0.3) is 0 Å². The Morgan fingerprint density at radius 3 is 2.36 bits per heavy atom. The van der Waals surface area contributed by atoms with E-state index in [1.54, 1.807) is 43.7 Å². The van der Waals surface area contributed by atoms with E-state index in [-0.39, 0.29) is 54.1 Å². The molecule has 2 bridgehead atoms. The summed E-state index contributed by atoms with van der Waals surface area (Å²) in [6, 6.07) is -1.75. The number of carbonyl (C=O) groups is 5. The van der Waals surface area contributed by atoms with Gasteiger partial charge in [0.05, 0.1) is 6.04 Å². The van der Waals surface area contributed by atoms with Crippen LogP contribution in [-0.4, -0.2) is 59.0 Å². The number of allylic oxidation sites excluding steroid dienone is 2. The summed E-state index contributed by atoms with van der Waals surface area (Å²) in [4.78, 5) is 65.6. The first-order valence-corrected chi connectivity index (χ1v) is 14.9. The van der Waals surface area contributed by atoms with Crippen LogP contribution in [0.15, 0.2) is 23.8 Å². The van der Waals surface area contributed by atoms with Crippen molar-refractivity contribution in [3.05, 3.63) is 23.8 Å². The highest BCUT2D eigenvalue weighted by Crippen LogP contribution is 2.26. The fraction of sp³-hybridized carbons (Fsp3) is 0.654. The molecule has 2 heterocycles. The van der Waals surface area contributed by atoms with Crippen LogP contribution in [0.5, 0.6) is 0 Å². The van der Waals surface area contributed by atoms with E-state index in [1.165, 1.54) is 10.8 Å². The van der Waals surface area contributed by atoms with Gasteiger partial charge in [-0.3, -0.25) is 19.2 Å². The Kier molecular flexibility index (Phi) is 12.2. The van der Waals surface area contributed by atoms with E-state index in [0.717, 1.165) is 5.75 Å². The predicted molar refractivity (Wildman–Crippen MR) is 143 cm³/mol. The molecule has 10 heteroatoms. The maximum Gasteiger partial charge on any atom is 0.329 e. The van der Waals surface area contributed by atoms with Crippen LogP contribution < -0.4 is 10.6 Å². The number of carbonyl (C=O) groups excluding carboxylic acids is 5. The van der Waals surface area contributed by atoms with Gasteiger partial charge < -0.3 is 15.4 Å². The Bertz CT molecular complexity index is 899. The van der Waals surface area contributed by atoms with Crippen molar-refractivity contribution in [2.24, 2.45) is 17.8 Å². The van der Waals surface area contributed by atoms with Crippen LogP contribution in [0.25, 0.3) is 0 Å². The second-order valence-electron chi connectivity index (χ2n) is 9.81. The molecule has 1 saturated heterocycles. The number of hydrogen-bond donors (Lipinski definition) is 2. The van der Waals surface area contributed by atoms with E-state index in [2.05, 4.69) is 10.6 Å². The number of amides is 2. The van der Waals surface area contributed by atoms with Crippen molar-refractivity contribution >= 4 is 50.9 Å². The Morgan fingerprint density at radius 2 is 1.72 bits per heavy atom. The monoisotopic (exact) mass is 538 g/mol. The van der Waals surface area contributed by atoms with Gasteiger partial charge in [0.2, 0.25) is 11.8 Å². The Labute approximate surface area is 221 Å². The first-order valence-electron chi connectivity index (χ1n) is 12.5. The molecule has 0 spiro atoms. The van der Waals surface area contributed by atoms with Gasteiger partial charge in [-0.2, -0.15) is 0 Å². The van der Waals surface area contributed by atoms with E-state index in [4.69, 9.17) is 4.74 Å². The van der Waals surface area contributed by atoms with Gasteiger partial charge in [0.15, 0.2) is 5.78 Å². The summed E-state index contributed by atoms with van der Waals surface area (Å²) in [5, 5.41) is 5.57. The molecular weight excluding hydrogens is 500 g/mol. The Morgan fingerprint density at radius 1 is 1.00 bits per heavy atom. The lowest BCUT2D eigenvalue weighted by Crippen LogP contribution is -2.49. The molecule has 2 aliphatic rings. The Balaban J connectivity index is 2.55. The molecule has 2 rings (SSSR count). The summed E-state index contributed by atoms with van der Waals surface area (Å²) in [7, 11) is 3.05. The van der Waals surface area contributed by atoms with E-state index < -0.39 is 36.0 Å². The molecule has 2 N–H and O–H groups in total. The van der Waals surface area contributed by atoms with Gasteiger partial charge in [0, 0.05) is 42.3 Å². The second kappa shape index (κ2) is 14.6. The minimum Gasteiger partial charge on any atom is -0.456 e. The van der Waals surface area contributed by atoms with Crippen molar-refractivity contribution in [3.63, 3.8) is 0 Å². The van der Waals surface area contributed by atoms with Gasteiger partial charge >= 0.3 is 5.97 Å². The quantitative estimate of drug-likeness (QED) is 0.238. The smallest absolute Gasteiger partial charge is 0.329 e. The van der Waals surface area contributed by atoms with Crippen LogP contribution >= 0.6 is 21.6 Å². The van der Waals surface area contributed by atoms with E-state index in [0.29, 0.717) is 12.2 Å². The van der Waals surface area contributed by atoms with Crippen LogP contribution in [0, 0.1) is 17.8 Å². The fourth-order valence-corrected chi connectivity index (χ4v) is 6.14. The number of ether oxygens (including phenoxy) is 1. The predicted octanol–water partition coefficient (Wildman–Crippen LogP) is 3.41. The molecule has 0 radical (unpaired) electrons. The third-order valence-electron chi connectivity index (χ3n) is 6.24. The summed E-state index contributed by atoms with van der Waals surface area (Å²) in [5.74, 6) is -2.00. The molecule has 4 atom stereocenters. The standard InChI is InChI=1S/C26H38N2O6S2/c1-6-17-11-22(30)21-14-36-35-10-8-7-9-19(34-26(33)23(16(4)5)28-24(17)31)12-18(29)13-20(15(2)3)25(32)27-21/h6-7,9,15-16,19-21,23H,8,10-14H2,1-5H3,(H,27,32)(H,28,31)/b9-7+,17-6+/t19-,20-,21-,23+/m1/s1. The molecule has 1 fully saturated rings. The summed E-state index contributed by atoms with van der Waals surface area (Å²) >= 11 is 0. The molecule has 2 aliphatic heterocycles. The second-order valence-corrected chi connectivity index (χ2v) is 12.4. The number of esters is 1. The topological polar surface area (TPSA) is 119 Å². The zero-order valence-corrected chi connectivity index (χ0v) is 23.3. The van der Waals surface area contributed by atoms with Crippen molar-refractivity contribution in [1.29, 1.82) is 0 Å². The molecule has 8 nitrogen and oxygen atoms in total. The number of rotatable bonds is 2. The number of Topliss-reactive ketones (excluding diaryl/α,β-unsaturated/α-hetero) is 2. The van der Waals surface area contributed by atoms with Crippen LogP contribution in [0.4, 0.5) is 0 Å². The highest BCUT2D eigenvalue weighted by molar-refractivity contribution is 8.76. The van der Waals surface area contributed by atoms with Gasteiger partial charge in [-0.1, -0.05) is 61.4 Å². The van der Waals surface area contributed by atoms with Crippen LogP contribution in [-0.2, 0) is 28.7 Å². The summed E-state index contributed by atoms with van der Waals surface area (Å²) in [6.45, 7) is 8.95. The van der Waals surface area contributed by atoms with E-state index >= 15 is 0 Å². The van der Waals surface area contributed by atoms with Crippen LogP contribution in [0.2, 0.25) is 0 Å². The van der Waals surface area contributed by atoms with E-state index in [9.17, 15) is 24.0 Å². The fourth-order valence-electron chi connectivity index (χ4n) is 3.94. The van der Waals surface area contributed by atoms with Crippen molar-refractivity contribution in [1.82, 2.24) is 10.6 Å². The molecule has 0 saturated carbocycles. The SMILES string of the molecule is C/C=C1\CC(=O)[C@H]2CSSCC/C=C/[C@H](CC(=O)C[C@H](C(C)C)C(=O)N2)OC(=O)[C@H](C(C)C)NC1=O. The molecule has 0 unspecified atom stereocenters. The van der Waals surface area contributed by atoms with Crippen LogP contribution in [0.3, 0.4) is 0 Å². The third kappa shape index (κ3) is 9.10. The molecular formula is C26H38N2O6S2. The van der Waals surface area contributed by atoms with Crippen molar-refractivity contribution < 1.29 is 28.7 Å². The van der Waals surface area contributed by atoms with Gasteiger partial charge in [-0.25, -0.2) is 4.79 Å². The number of ketones is 2. The van der Waals surface area contributed by atoms with Crippen LogP contribution in [0.1, 0.15) is 60.3 Å². The number of hydrogen-bond acceptors (Lipinski definition) is 8. The zero-order valence-electron chi connectivity index (χ0n) is 21.7. The number of nitrogens with one attached hydrogen (secondary N) is 2. The summed E-state index contributed by atoms with van der Waals surface area (Å²) in [5.41, 5.74) is 0.221. The van der Waals surface area contributed by atoms with Crippen molar-refractivity contribution in [2.45, 2.75) is 78.5 Å².